The van der Waals surface area contributed by atoms with Crippen LogP contribution in [0.5, 0.6) is 0 Å². The maximum Gasteiger partial charge on any atom is 0.243 e. The molecule has 6 heteroatoms. The second-order valence-electron chi connectivity index (χ2n) is 6.68. The number of aromatic nitrogens is 1. The van der Waals surface area contributed by atoms with Crippen LogP contribution in [-0.4, -0.2) is 37.3 Å². The minimum absolute atomic E-state index is 0.161. The Morgan fingerprint density at radius 3 is 2.50 bits per heavy atom. The number of anilines is 1. The second kappa shape index (κ2) is 7.76. The monoisotopic (exact) mass is 373 g/mol. The number of pyridine rings is 1. The summed E-state index contributed by atoms with van der Waals surface area (Å²) in [6.07, 6.45) is 3.47. The minimum Gasteiger partial charge on any atom is -0.357 e. The Morgan fingerprint density at radius 1 is 1.15 bits per heavy atom. The summed E-state index contributed by atoms with van der Waals surface area (Å²) in [5.74, 6) is 0.897. The average molecular weight is 374 g/mol. The van der Waals surface area contributed by atoms with Crippen LogP contribution < -0.4 is 4.90 Å². The van der Waals surface area contributed by atoms with Gasteiger partial charge in [-0.2, -0.15) is 4.31 Å². The number of benzene rings is 1. The highest BCUT2D eigenvalue weighted by molar-refractivity contribution is 7.89. The fraction of sp³-hybridized carbons (Fsp3) is 0.450. The zero-order valence-electron chi connectivity index (χ0n) is 15.7. The molecule has 1 saturated heterocycles. The summed E-state index contributed by atoms with van der Waals surface area (Å²) in [6, 6.07) is 10.9. The van der Waals surface area contributed by atoms with E-state index in [2.05, 4.69) is 23.7 Å². The van der Waals surface area contributed by atoms with Crippen LogP contribution in [0.3, 0.4) is 0 Å². The average Bonchev–Trinajstić information content (AvgIpc) is 3.14. The molecule has 0 saturated carbocycles. The molecule has 5 nitrogen and oxygen atoms in total. The van der Waals surface area contributed by atoms with Gasteiger partial charge in [0.15, 0.2) is 0 Å². The van der Waals surface area contributed by atoms with Gasteiger partial charge in [0.1, 0.15) is 5.82 Å². The molecule has 2 heterocycles. The molecule has 0 aliphatic carbocycles. The van der Waals surface area contributed by atoms with E-state index in [0.29, 0.717) is 11.4 Å². The predicted octanol–water partition coefficient (Wildman–Crippen LogP) is 3.76. The summed E-state index contributed by atoms with van der Waals surface area (Å²) in [4.78, 5) is 7.12. The molecule has 2 aromatic rings. The van der Waals surface area contributed by atoms with Crippen molar-refractivity contribution >= 4 is 15.8 Å². The summed E-state index contributed by atoms with van der Waals surface area (Å²) in [6.45, 7) is 8.39. The Kier molecular flexibility index (Phi) is 5.63. The molecule has 1 atom stereocenters. The summed E-state index contributed by atoms with van der Waals surface area (Å²) < 4.78 is 28.1. The van der Waals surface area contributed by atoms with E-state index in [-0.39, 0.29) is 6.04 Å². The fourth-order valence-electron chi connectivity index (χ4n) is 3.64. The number of hydrogen-bond donors (Lipinski definition) is 0. The first-order valence-corrected chi connectivity index (χ1v) is 10.7. The van der Waals surface area contributed by atoms with Crippen molar-refractivity contribution < 1.29 is 8.42 Å². The molecular weight excluding hydrogens is 346 g/mol. The van der Waals surface area contributed by atoms with Crippen LogP contribution in [0.2, 0.25) is 0 Å². The maximum absolute atomic E-state index is 13.2. The van der Waals surface area contributed by atoms with E-state index in [1.165, 1.54) is 0 Å². The quantitative estimate of drug-likeness (QED) is 0.774. The molecule has 140 valence electrons. The number of hydrogen-bond acceptors (Lipinski definition) is 4. The molecule has 0 N–H and O–H groups in total. The van der Waals surface area contributed by atoms with Crippen molar-refractivity contribution in [3.63, 3.8) is 0 Å². The molecule has 0 bridgehead atoms. The van der Waals surface area contributed by atoms with Crippen molar-refractivity contribution in [3.8, 4) is 0 Å². The Balaban J connectivity index is 2.00. The summed E-state index contributed by atoms with van der Waals surface area (Å²) in [5.41, 5.74) is 2.06. The molecule has 0 spiro atoms. The van der Waals surface area contributed by atoms with Crippen LogP contribution >= 0.6 is 0 Å². The lowest BCUT2D eigenvalue weighted by Gasteiger charge is -2.29. The molecule has 0 amide bonds. The van der Waals surface area contributed by atoms with Crippen molar-refractivity contribution in [2.75, 3.05) is 24.5 Å². The van der Waals surface area contributed by atoms with E-state index < -0.39 is 10.0 Å². The van der Waals surface area contributed by atoms with Gasteiger partial charge in [-0.15, -0.1) is 0 Å². The standard InChI is InChI=1S/C20H27N3O2S/c1-4-22(5-2)20-18(8-6-14-21-20)19-9-7-15-23(19)26(24,25)17-12-10-16(3)11-13-17/h6,8,10-14,19H,4-5,7,9,15H2,1-3H3. The van der Waals surface area contributed by atoms with E-state index in [0.717, 1.165) is 42.9 Å². The summed E-state index contributed by atoms with van der Waals surface area (Å²) in [5, 5.41) is 0. The zero-order chi connectivity index (χ0) is 18.7. The highest BCUT2D eigenvalue weighted by atomic mass is 32.2. The number of nitrogens with zero attached hydrogens (tertiary/aromatic N) is 3. The van der Waals surface area contributed by atoms with Crippen LogP contribution in [-0.2, 0) is 10.0 Å². The van der Waals surface area contributed by atoms with Crippen molar-refractivity contribution in [2.45, 2.75) is 44.6 Å². The van der Waals surface area contributed by atoms with Crippen LogP contribution in [0.1, 0.15) is 43.9 Å². The van der Waals surface area contributed by atoms with Gasteiger partial charge in [0, 0.05) is 31.4 Å². The van der Waals surface area contributed by atoms with Crippen LogP contribution in [0.4, 0.5) is 5.82 Å². The maximum atomic E-state index is 13.2. The molecule has 1 fully saturated rings. The largest absolute Gasteiger partial charge is 0.357 e. The minimum atomic E-state index is -3.52. The van der Waals surface area contributed by atoms with Crippen molar-refractivity contribution in [3.05, 3.63) is 53.7 Å². The lowest BCUT2D eigenvalue weighted by molar-refractivity contribution is 0.396. The third kappa shape index (κ3) is 3.48. The number of aryl methyl sites for hydroxylation is 1. The molecule has 1 aromatic heterocycles. The molecule has 1 unspecified atom stereocenters. The Labute approximate surface area is 156 Å². The van der Waals surface area contributed by atoms with E-state index >= 15 is 0 Å². The van der Waals surface area contributed by atoms with Gasteiger partial charge in [0.05, 0.1) is 10.9 Å². The predicted molar refractivity (Wildman–Crippen MR) is 105 cm³/mol. The van der Waals surface area contributed by atoms with E-state index in [1.807, 2.05) is 31.2 Å². The number of sulfonamides is 1. The highest BCUT2D eigenvalue weighted by Gasteiger charge is 2.37. The van der Waals surface area contributed by atoms with Gasteiger partial charge in [-0.25, -0.2) is 13.4 Å². The smallest absolute Gasteiger partial charge is 0.243 e. The number of rotatable bonds is 6. The van der Waals surface area contributed by atoms with Gasteiger partial charge in [-0.1, -0.05) is 23.8 Å². The van der Waals surface area contributed by atoms with Crippen molar-refractivity contribution in [1.29, 1.82) is 0 Å². The SMILES string of the molecule is CCN(CC)c1ncccc1C1CCCN1S(=O)(=O)c1ccc(C)cc1. The van der Waals surface area contributed by atoms with E-state index in [9.17, 15) is 8.42 Å². The first-order valence-electron chi connectivity index (χ1n) is 9.27. The van der Waals surface area contributed by atoms with Gasteiger partial charge in [-0.3, -0.25) is 0 Å². The van der Waals surface area contributed by atoms with Crippen molar-refractivity contribution in [2.24, 2.45) is 0 Å². The Morgan fingerprint density at radius 2 is 1.85 bits per heavy atom. The molecule has 1 aliphatic heterocycles. The second-order valence-corrected chi connectivity index (χ2v) is 8.57. The molecule has 1 aromatic carbocycles. The molecule has 0 radical (unpaired) electrons. The normalized spacial score (nSPS) is 18.2. The van der Waals surface area contributed by atoms with Gasteiger partial charge >= 0.3 is 0 Å². The zero-order valence-corrected chi connectivity index (χ0v) is 16.5. The van der Waals surface area contributed by atoms with Crippen LogP contribution in [0, 0.1) is 6.92 Å². The lowest BCUT2D eigenvalue weighted by Crippen LogP contribution is -2.32. The third-order valence-electron chi connectivity index (χ3n) is 5.07. The van der Waals surface area contributed by atoms with Crippen molar-refractivity contribution in [1.82, 2.24) is 9.29 Å². The third-order valence-corrected chi connectivity index (χ3v) is 6.99. The Hall–Kier alpha value is -1.92. The Bertz CT molecular complexity index is 846. The fourth-order valence-corrected chi connectivity index (χ4v) is 5.32. The first-order chi connectivity index (χ1) is 12.5. The van der Waals surface area contributed by atoms with Gasteiger partial charge in [0.25, 0.3) is 0 Å². The topological polar surface area (TPSA) is 53.5 Å². The summed E-state index contributed by atoms with van der Waals surface area (Å²) in [7, 11) is -3.52. The van der Waals surface area contributed by atoms with Gasteiger partial charge in [0.2, 0.25) is 10.0 Å². The summed E-state index contributed by atoms with van der Waals surface area (Å²) >= 11 is 0. The highest BCUT2D eigenvalue weighted by Crippen LogP contribution is 2.39. The van der Waals surface area contributed by atoms with Gasteiger partial charge in [-0.05, 0) is 51.8 Å². The molecular formula is C20H27N3O2S. The molecule has 1 aliphatic rings. The van der Waals surface area contributed by atoms with E-state index in [4.69, 9.17) is 0 Å². The van der Waals surface area contributed by atoms with Gasteiger partial charge < -0.3 is 4.90 Å². The first kappa shape index (κ1) is 18.9. The molecule has 3 rings (SSSR count). The lowest BCUT2D eigenvalue weighted by atomic mass is 10.1. The van der Waals surface area contributed by atoms with Crippen LogP contribution in [0.25, 0.3) is 0 Å². The van der Waals surface area contributed by atoms with Crippen LogP contribution in [0.15, 0.2) is 47.5 Å². The van der Waals surface area contributed by atoms with E-state index in [1.54, 1.807) is 22.6 Å². The molecule has 26 heavy (non-hydrogen) atoms.